The minimum Gasteiger partial charge on any atom is -0.462 e. The summed E-state index contributed by atoms with van der Waals surface area (Å²) in [4.78, 5) is 12.0. The van der Waals surface area contributed by atoms with E-state index in [4.69, 9.17) is 4.74 Å². The number of rotatable bonds is 4. The Bertz CT molecular complexity index is 664. The van der Waals surface area contributed by atoms with E-state index in [1.165, 1.54) is 11.4 Å². The molecule has 0 spiro atoms. The zero-order valence-electron chi connectivity index (χ0n) is 12.8. The van der Waals surface area contributed by atoms with Crippen molar-refractivity contribution in [2.75, 3.05) is 18.0 Å². The van der Waals surface area contributed by atoms with Crippen molar-refractivity contribution in [1.29, 1.82) is 0 Å². The highest BCUT2D eigenvalue weighted by Crippen LogP contribution is 2.32. The van der Waals surface area contributed by atoms with Crippen molar-refractivity contribution in [3.05, 3.63) is 29.3 Å². The molecule has 0 radical (unpaired) electrons. The van der Waals surface area contributed by atoms with E-state index >= 15 is 0 Å². The van der Waals surface area contributed by atoms with Crippen LogP contribution in [0, 0.1) is 0 Å². The van der Waals surface area contributed by atoms with Crippen LogP contribution >= 0.6 is 0 Å². The smallest absolute Gasteiger partial charge is 0.338 e. The van der Waals surface area contributed by atoms with Crippen LogP contribution in [0.25, 0.3) is 0 Å². The minimum atomic E-state index is -3.28. The lowest BCUT2D eigenvalue weighted by Gasteiger charge is -2.15. The second-order valence-corrected chi connectivity index (χ2v) is 14.1. The number of hydrogen-bond acceptors (Lipinski definition) is 4. The van der Waals surface area contributed by atoms with Gasteiger partial charge in [0.2, 0.25) is 10.0 Å². The van der Waals surface area contributed by atoms with E-state index in [2.05, 4.69) is 19.6 Å². The molecule has 1 heterocycles. The van der Waals surface area contributed by atoms with Gasteiger partial charge in [-0.1, -0.05) is 19.6 Å². The summed E-state index contributed by atoms with van der Waals surface area (Å²) in [5.41, 5.74) is 1.70. The Kier molecular flexibility index (Phi) is 4.16. The molecular weight excluding hydrogens is 306 g/mol. The van der Waals surface area contributed by atoms with Gasteiger partial charge in [-0.25, -0.2) is 13.2 Å². The monoisotopic (exact) mass is 327 g/mol. The second-order valence-electron chi connectivity index (χ2n) is 6.51. The van der Waals surface area contributed by atoms with Crippen LogP contribution in [-0.4, -0.2) is 36.1 Å². The molecule has 0 aliphatic carbocycles. The summed E-state index contributed by atoms with van der Waals surface area (Å²) in [6, 6.07) is 5.82. The van der Waals surface area contributed by atoms with E-state index in [0.29, 0.717) is 23.4 Å². The van der Waals surface area contributed by atoms with Crippen LogP contribution in [0.15, 0.2) is 18.2 Å². The van der Waals surface area contributed by atoms with Crippen molar-refractivity contribution in [2.45, 2.75) is 31.4 Å². The normalized spacial score (nSPS) is 16.7. The van der Waals surface area contributed by atoms with Crippen LogP contribution in [0.1, 0.15) is 15.9 Å². The number of esters is 1. The summed E-state index contributed by atoms with van der Waals surface area (Å²) in [6.07, 6.45) is 0. The van der Waals surface area contributed by atoms with Crippen LogP contribution in [0.3, 0.4) is 0 Å². The molecule has 1 aromatic carbocycles. The summed E-state index contributed by atoms with van der Waals surface area (Å²) in [5.74, 6) is -0.447. The van der Waals surface area contributed by atoms with Gasteiger partial charge in [0.1, 0.15) is 0 Å². The number of benzene rings is 1. The van der Waals surface area contributed by atoms with Gasteiger partial charge in [-0.05, 0) is 29.8 Å². The zero-order chi connectivity index (χ0) is 15.8. The van der Waals surface area contributed by atoms with E-state index in [1.807, 2.05) is 0 Å². The molecule has 2 rings (SSSR count). The number of nitrogens with zero attached hydrogens (tertiary/aromatic N) is 1. The maximum Gasteiger partial charge on any atom is 0.338 e. The van der Waals surface area contributed by atoms with E-state index in [9.17, 15) is 13.2 Å². The summed E-state index contributed by atoms with van der Waals surface area (Å²) < 4.78 is 30.1. The summed E-state index contributed by atoms with van der Waals surface area (Å²) in [7, 11) is -2.99. The van der Waals surface area contributed by atoms with Gasteiger partial charge in [0.15, 0.2) is 0 Å². The third-order valence-corrected chi connectivity index (χ3v) is 6.91. The average Bonchev–Trinajstić information content (AvgIpc) is 2.57. The predicted molar refractivity (Wildman–Crippen MR) is 85.9 cm³/mol. The first-order valence-corrected chi connectivity index (χ1v) is 12.2. The fourth-order valence-electron chi connectivity index (χ4n) is 2.11. The average molecular weight is 327 g/mol. The molecule has 0 atom stereocenters. The standard InChI is InChI=1S/C14H21NO4SSi/c1-15-13-6-5-11(9-12(13)10-20(15,17)18)14(16)19-7-8-21(2,3)4/h5-6,9H,7-8,10H2,1-4H3. The lowest BCUT2D eigenvalue weighted by molar-refractivity contribution is 0.0525. The van der Waals surface area contributed by atoms with Crippen molar-refractivity contribution in [2.24, 2.45) is 0 Å². The highest BCUT2D eigenvalue weighted by Gasteiger charge is 2.30. The molecule has 5 nitrogen and oxygen atoms in total. The number of sulfonamides is 1. The van der Waals surface area contributed by atoms with E-state index in [-0.39, 0.29) is 11.7 Å². The van der Waals surface area contributed by atoms with Crippen molar-refractivity contribution >= 4 is 29.8 Å². The maximum atomic E-state index is 12.0. The van der Waals surface area contributed by atoms with Crippen molar-refractivity contribution in [1.82, 2.24) is 0 Å². The quantitative estimate of drug-likeness (QED) is 0.629. The van der Waals surface area contributed by atoms with E-state index in [1.54, 1.807) is 18.2 Å². The summed E-state index contributed by atoms with van der Waals surface area (Å²) in [5, 5.41) is 0. The third-order valence-electron chi connectivity index (χ3n) is 3.49. The molecule has 1 aliphatic heterocycles. The van der Waals surface area contributed by atoms with Gasteiger partial charge in [-0.3, -0.25) is 4.31 Å². The predicted octanol–water partition coefficient (Wildman–Crippen LogP) is 2.46. The molecule has 0 bridgehead atoms. The van der Waals surface area contributed by atoms with Gasteiger partial charge in [0.25, 0.3) is 0 Å². The first-order valence-electron chi connectivity index (χ1n) is 6.87. The molecule has 1 aliphatic rings. The van der Waals surface area contributed by atoms with Gasteiger partial charge in [0.05, 0.1) is 23.6 Å². The number of ether oxygens (including phenoxy) is 1. The molecule has 0 amide bonds. The highest BCUT2D eigenvalue weighted by molar-refractivity contribution is 7.92. The first kappa shape index (κ1) is 16.0. The lowest BCUT2D eigenvalue weighted by Crippen LogP contribution is -2.22. The largest absolute Gasteiger partial charge is 0.462 e. The number of fused-ring (bicyclic) bond motifs is 1. The van der Waals surface area contributed by atoms with Crippen LogP contribution in [-0.2, 0) is 20.5 Å². The van der Waals surface area contributed by atoms with E-state index < -0.39 is 18.1 Å². The van der Waals surface area contributed by atoms with Crippen LogP contribution in [0.2, 0.25) is 25.7 Å². The van der Waals surface area contributed by atoms with Crippen molar-refractivity contribution in [3.8, 4) is 0 Å². The Morgan fingerprint density at radius 3 is 2.62 bits per heavy atom. The van der Waals surface area contributed by atoms with Crippen LogP contribution in [0.4, 0.5) is 5.69 Å². The first-order chi connectivity index (χ1) is 9.60. The molecule has 21 heavy (non-hydrogen) atoms. The number of anilines is 1. The van der Waals surface area contributed by atoms with Crippen molar-refractivity contribution < 1.29 is 17.9 Å². The highest BCUT2D eigenvalue weighted by atomic mass is 32.2. The molecule has 0 fully saturated rings. The van der Waals surface area contributed by atoms with E-state index in [0.717, 1.165) is 6.04 Å². The summed E-state index contributed by atoms with van der Waals surface area (Å²) >= 11 is 0. The second kappa shape index (κ2) is 5.45. The number of carbonyl (C=O) groups is 1. The third kappa shape index (κ3) is 3.65. The Labute approximate surface area is 127 Å². The Balaban J connectivity index is 2.09. The van der Waals surface area contributed by atoms with Gasteiger partial charge in [0, 0.05) is 15.1 Å². The molecule has 0 unspecified atom stereocenters. The topological polar surface area (TPSA) is 63.7 Å². The molecule has 7 heteroatoms. The zero-order valence-corrected chi connectivity index (χ0v) is 14.7. The maximum absolute atomic E-state index is 12.0. The Morgan fingerprint density at radius 1 is 1.33 bits per heavy atom. The summed E-state index contributed by atoms with van der Waals surface area (Å²) in [6.45, 7) is 7.08. The molecule has 0 saturated carbocycles. The molecule has 116 valence electrons. The number of hydrogen-bond donors (Lipinski definition) is 0. The van der Waals surface area contributed by atoms with Gasteiger partial charge in [-0.2, -0.15) is 0 Å². The molecule has 0 aromatic heterocycles. The molecule has 1 aromatic rings. The minimum absolute atomic E-state index is 0.0607. The Hall–Kier alpha value is -1.34. The Morgan fingerprint density at radius 2 is 2.00 bits per heavy atom. The fraction of sp³-hybridized carbons (Fsp3) is 0.500. The number of carbonyl (C=O) groups excluding carboxylic acids is 1. The van der Waals surface area contributed by atoms with Gasteiger partial charge >= 0.3 is 5.97 Å². The SMILES string of the molecule is CN1c2ccc(C(=O)OCC[Si](C)(C)C)cc2CS1(=O)=O. The van der Waals surface area contributed by atoms with Gasteiger partial charge < -0.3 is 4.74 Å². The lowest BCUT2D eigenvalue weighted by atomic mass is 10.1. The van der Waals surface area contributed by atoms with Gasteiger partial charge in [-0.15, -0.1) is 0 Å². The van der Waals surface area contributed by atoms with Crippen LogP contribution in [0.5, 0.6) is 0 Å². The molecule has 0 N–H and O–H groups in total. The molecular formula is C14H21NO4SSi. The fourth-order valence-corrected chi connectivity index (χ4v) is 4.12. The van der Waals surface area contributed by atoms with Crippen LogP contribution < -0.4 is 4.31 Å². The van der Waals surface area contributed by atoms with Crippen molar-refractivity contribution in [3.63, 3.8) is 0 Å². The molecule has 0 saturated heterocycles.